The zero-order valence-corrected chi connectivity index (χ0v) is 19.0. The molecule has 2 aromatic rings. The quantitative estimate of drug-likeness (QED) is 0.631. The summed E-state index contributed by atoms with van der Waals surface area (Å²) in [5.74, 6) is 0.655. The number of pyridine rings is 1. The van der Waals surface area contributed by atoms with Crippen molar-refractivity contribution in [2.45, 2.75) is 40.2 Å². The second-order valence-corrected chi connectivity index (χ2v) is 10.1. The van der Waals surface area contributed by atoms with Crippen LogP contribution in [-0.2, 0) is 9.84 Å². The number of rotatable bonds is 8. The van der Waals surface area contributed by atoms with Crippen LogP contribution in [0.3, 0.4) is 0 Å². The highest BCUT2D eigenvalue weighted by molar-refractivity contribution is 7.91. The van der Waals surface area contributed by atoms with Crippen molar-refractivity contribution in [3.05, 3.63) is 41.3 Å². The van der Waals surface area contributed by atoms with Gasteiger partial charge >= 0.3 is 0 Å². The molecule has 1 aliphatic heterocycles. The molecule has 0 bridgehead atoms. The van der Waals surface area contributed by atoms with Crippen LogP contribution >= 0.6 is 0 Å². The van der Waals surface area contributed by atoms with Gasteiger partial charge in [-0.15, -0.1) is 0 Å². The van der Waals surface area contributed by atoms with Crippen LogP contribution in [0.2, 0.25) is 0 Å². The molecule has 1 saturated heterocycles. The Morgan fingerprint density at radius 1 is 1.20 bits per heavy atom. The van der Waals surface area contributed by atoms with E-state index in [-0.39, 0.29) is 23.5 Å². The number of carbonyl (C=O) groups is 1. The van der Waals surface area contributed by atoms with E-state index in [4.69, 9.17) is 0 Å². The molecule has 0 N–H and O–H groups in total. The number of hydrogen-bond donors (Lipinski definition) is 0. The zero-order chi connectivity index (χ0) is 21.9. The fourth-order valence-corrected chi connectivity index (χ4v) is 5.66. The number of carbonyl (C=O) groups excluding carboxylic acids is 1. The first kappa shape index (κ1) is 22.4. The van der Waals surface area contributed by atoms with Crippen molar-refractivity contribution in [2.24, 2.45) is 0 Å². The Bertz CT molecular complexity index is 981. The van der Waals surface area contributed by atoms with E-state index in [1.54, 1.807) is 27.9 Å². The third-order valence-corrected chi connectivity index (χ3v) is 7.43. The van der Waals surface area contributed by atoms with Gasteiger partial charge in [-0.25, -0.2) is 18.1 Å². The highest BCUT2D eigenvalue weighted by Gasteiger charge is 2.35. The second kappa shape index (κ2) is 9.26. The first-order chi connectivity index (χ1) is 14.2. The van der Waals surface area contributed by atoms with Crippen molar-refractivity contribution < 1.29 is 13.2 Å². The number of nitrogens with zero attached hydrogens (tertiary/aromatic N) is 5. The second-order valence-electron chi connectivity index (χ2n) is 7.83. The Morgan fingerprint density at radius 3 is 2.43 bits per heavy atom. The zero-order valence-electron chi connectivity index (χ0n) is 18.2. The summed E-state index contributed by atoms with van der Waals surface area (Å²) >= 11 is 0. The summed E-state index contributed by atoms with van der Waals surface area (Å²) in [6.45, 7) is 11.0. The lowest BCUT2D eigenvalue weighted by molar-refractivity contribution is 0.0674. The van der Waals surface area contributed by atoms with Crippen LogP contribution in [0, 0.1) is 13.8 Å². The standard InChI is InChI=1S/C21H31N5O3S/c1-5-24(6-2)10-11-25(19-9-12-30(28,29)15-19)21(27)18-7-8-20(22-14-18)26-17(4)13-16(3)23-26/h7-8,13-14,19H,5-6,9-12,15H2,1-4H3. The molecule has 164 valence electrons. The van der Waals surface area contributed by atoms with Crippen molar-refractivity contribution in [2.75, 3.05) is 37.7 Å². The normalized spacial score (nSPS) is 18.1. The summed E-state index contributed by atoms with van der Waals surface area (Å²) in [6, 6.07) is 5.21. The fraction of sp³-hybridized carbons (Fsp3) is 0.571. The molecule has 3 heterocycles. The van der Waals surface area contributed by atoms with Gasteiger partial charge in [0.2, 0.25) is 0 Å². The molecule has 1 unspecified atom stereocenters. The van der Waals surface area contributed by atoms with Gasteiger partial charge in [-0.2, -0.15) is 5.10 Å². The van der Waals surface area contributed by atoms with E-state index < -0.39 is 9.84 Å². The Hall–Kier alpha value is -2.26. The summed E-state index contributed by atoms with van der Waals surface area (Å²) in [5.41, 5.74) is 2.33. The molecule has 1 aliphatic rings. The molecule has 1 amide bonds. The molecule has 8 nitrogen and oxygen atoms in total. The summed E-state index contributed by atoms with van der Waals surface area (Å²) in [7, 11) is -3.09. The summed E-state index contributed by atoms with van der Waals surface area (Å²) in [5, 5.41) is 4.42. The molecule has 1 fully saturated rings. The molecular formula is C21H31N5O3S. The number of sulfone groups is 1. The van der Waals surface area contributed by atoms with Gasteiger partial charge in [0.1, 0.15) is 0 Å². The van der Waals surface area contributed by atoms with Gasteiger partial charge in [0.25, 0.3) is 5.91 Å². The third-order valence-electron chi connectivity index (χ3n) is 5.68. The van der Waals surface area contributed by atoms with E-state index in [0.29, 0.717) is 30.9 Å². The van der Waals surface area contributed by atoms with E-state index in [0.717, 1.165) is 24.5 Å². The average molecular weight is 434 g/mol. The maximum atomic E-state index is 13.3. The predicted octanol–water partition coefficient (Wildman–Crippen LogP) is 1.86. The minimum absolute atomic E-state index is 0.0360. The highest BCUT2D eigenvalue weighted by atomic mass is 32.2. The van der Waals surface area contributed by atoms with Gasteiger partial charge in [0, 0.05) is 31.0 Å². The van der Waals surface area contributed by atoms with Crippen LogP contribution in [0.4, 0.5) is 0 Å². The van der Waals surface area contributed by atoms with E-state index in [1.165, 1.54) is 0 Å². The monoisotopic (exact) mass is 433 g/mol. The molecule has 30 heavy (non-hydrogen) atoms. The van der Waals surface area contributed by atoms with Crippen LogP contribution in [0.1, 0.15) is 42.0 Å². The number of aromatic nitrogens is 3. The summed E-state index contributed by atoms with van der Waals surface area (Å²) in [6.07, 6.45) is 2.05. The predicted molar refractivity (Wildman–Crippen MR) is 117 cm³/mol. The highest BCUT2D eigenvalue weighted by Crippen LogP contribution is 2.20. The maximum Gasteiger partial charge on any atom is 0.255 e. The molecular weight excluding hydrogens is 402 g/mol. The summed E-state index contributed by atoms with van der Waals surface area (Å²) in [4.78, 5) is 21.7. The Kier molecular flexibility index (Phi) is 6.92. The molecule has 3 rings (SSSR count). The molecule has 0 spiro atoms. The van der Waals surface area contributed by atoms with Gasteiger partial charge in [-0.05, 0) is 51.6 Å². The average Bonchev–Trinajstić information content (AvgIpc) is 3.25. The van der Waals surface area contributed by atoms with Crippen LogP contribution in [0.5, 0.6) is 0 Å². The Morgan fingerprint density at radius 2 is 1.93 bits per heavy atom. The lowest BCUT2D eigenvalue weighted by Crippen LogP contribution is -2.45. The lowest BCUT2D eigenvalue weighted by atomic mass is 10.1. The van der Waals surface area contributed by atoms with Crippen molar-refractivity contribution >= 4 is 15.7 Å². The lowest BCUT2D eigenvalue weighted by Gasteiger charge is -2.30. The van der Waals surface area contributed by atoms with Crippen LogP contribution < -0.4 is 0 Å². The molecule has 1 atom stereocenters. The minimum Gasteiger partial charge on any atom is -0.333 e. The van der Waals surface area contributed by atoms with Crippen molar-refractivity contribution in [3.8, 4) is 5.82 Å². The largest absolute Gasteiger partial charge is 0.333 e. The smallest absolute Gasteiger partial charge is 0.255 e. The van der Waals surface area contributed by atoms with Crippen molar-refractivity contribution in [3.63, 3.8) is 0 Å². The SMILES string of the molecule is CCN(CC)CCN(C(=O)c1ccc(-n2nc(C)cc2C)nc1)C1CCS(=O)(=O)C1. The molecule has 2 aromatic heterocycles. The molecule has 0 radical (unpaired) electrons. The molecule has 9 heteroatoms. The van der Waals surface area contributed by atoms with Crippen molar-refractivity contribution in [1.29, 1.82) is 0 Å². The molecule has 0 aliphatic carbocycles. The van der Waals surface area contributed by atoms with Gasteiger partial charge in [-0.3, -0.25) is 4.79 Å². The first-order valence-electron chi connectivity index (χ1n) is 10.5. The molecule has 0 saturated carbocycles. The van der Waals surface area contributed by atoms with Gasteiger partial charge in [0.15, 0.2) is 15.7 Å². The summed E-state index contributed by atoms with van der Waals surface area (Å²) < 4.78 is 25.8. The number of likely N-dealkylation sites (N-methyl/N-ethyl adjacent to an activating group) is 1. The van der Waals surface area contributed by atoms with E-state index >= 15 is 0 Å². The number of amides is 1. The fourth-order valence-electron chi connectivity index (χ4n) is 3.92. The third kappa shape index (κ3) is 5.07. The Balaban J connectivity index is 1.81. The van der Waals surface area contributed by atoms with Gasteiger partial charge < -0.3 is 9.80 Å². The number of hydrogen-bond acceptors (Lipinski definition) is 6. The molecule has 0 aromatic carbocycles. The van der Waals surface area contributed by atoms with Crippen LogP contribution in [-0.4, -0.2) is 82.6 Å². The van der Waals surface area contributed by atoms with Crippen LogP contribution in [0.15, 0.2) is 24.4 Å². The van der Waals surface area contributed by atoms with Gasteiger partial charge in [0.05, 0.1) is 22.8 Å². The van der Waals surface area contributed by atoms with Crippen molar-refractivity contribution in [1.82, 2.24) is 24.6 Å². The van der Waals surface area contributed by atoms with E-state index in [1.807, 2.05) is 19.9 Å². The van der Waals surface area contributed by atoms with Crippen LogP contribution in [0.25, 0.3) is 5.82 Å². The Labute approximate surface area is 178 Å². The number of aryl methyl sites for hydroxylation is 2. The van der Waals surface area contributed by atoms with E-state index in [2.05, 4.69) is 28.8 Å². The topological polar surface area (TPSA) is 88.4 Å². The van der Waals surface area contributed by atoms with Gasteiger partial charge in [-0.1, -0.05) is 13.8 Å². The minimum atomic E-state index is -3.09. The maximum absolute atomic E-state index is 13.3. The van der Waals surface area contributed by atoms with E-state index in [9.17, 15) is 13.2 Å². The first-order valence-corrected chi connectivity index (χ1v) is 12.3.